The smallest absolute Gasteiger partial charge is 0.321 e. The van der Waals surface area contributed by atoms with Gasteiger partial charge in [-0.3, -0.25) is 4.79 Å². The van der Waals surface area contributed by atoms with Gasteiger partial charge < -0.3 is 24.8 Å². The molecule has 1 aromatic carbocycles. The topological polar surface area (TPSA) is 77.7 Å². The third kappa shape index (κ3) is 3.27. The van der Waals surface area contributed by atoms with E-state index in [-0.39, 0.29) is 11.9 Å². The molecule has 0 radical (unpaired) electrons. The number of urea groups is 1. The first-order valence-corrected chi connectivity index (χ1v) is 9.53. The number of piperidine rings is 1. The predicted octanol–water partition coefficient (Wildman–Crippen LogP) is 2.66. The minimum Gasteiger partial charge on any atom is -0.383 e. The summed E-state index contributed by atoms with van der Waals surface area (Å²) in [5.41, 5.74) is 1.33. The molecule has 27 heavy (non-hydrogen) atoms. The number of benzene rings is 1. The molecule has 1 aromatic heterocycles. The Balaban J connectivity index is 1.44. The molecule has 4 rings (SSSR count). The van der Waals surface area contributed by atoms with Gasteiger partial charge in [-0.2, -0.15) is 0 Å². The van der Waals surface area contributed by atoms with Gasteiger partial charge in [0.15, 0.2) is 0 Å². The fourth-order valence-corrected chi connectivity index (χ4v) is 4.36. The molecule has 7 nitrogen and oxygen atoms in total. The Bertz CT molecular complexity index is 849. The molecule has 2 N–H and O–H groups in total. The highest BCUT2D eigenvalue weighted by Gasteiger charge is 2.49. The van der Waals surface area contributed by atoms with Crippen molar-refractivity contribution < 1.29 is 14.3 Å². The van der Waals surface area contributed by atoms with Crippen molar-refractivity contribution >= 4 is 28.5 Å². The molecule has 0 saturated carbocycles. The molecule has 3 amide bonds. The van der Waals surface area contributed by atoms with Crippen LogP contribution in [-0.4, -0.2) is 66.6 Å². The van der Waals surface area contributed by atoms with Gasteiger partial charge in [0, 0.05) is 50.4 Å². The van der Waals surface area contributed by atoms with Crippen LogP contribution in [0.15, 0.2) is 30.5 Å². The van der Waals surface area contributed by atoms with Gasteiger partial charge in [-0.1, -0.05) is 18.2 Å². The van der Waals surface area contributed by atoms with Crippen molar-refractivity contribution in [1.82, 2.24) is 14.8 Å². The Labute approximate surface area is 158 Å². The number of carbonyl (C=O) groups excluding carboxylic acids is 2. The average molecular weight is 370 g/mol. The molecule has 0 unspecified atom stereocenters. The number of para-hydroxylation sites is 1. The lowest BCUT2D eigenvalue weighted by molar-refractivity contribution is -0.146. The van der Waals surface area contributed by atoms with E-state index in [1.54, 1.807) is 12.0 Å². The van der Waals surface area contributed by atoms with E-state index >= 15 is 0 Å². The molecule has 2 fully saturated rings. The number of amides is 3. The zero-order valence-electron chi connectivity index (χ0n) is 15.7. The monoisotopic (exact) mass is 370 g/mol. The van der Waals surface area contributed by atoms with Gasteiger partial charge in [-0.25, -0.2) is 4.79 Å². The number of aromatic amines is 1. The van der Waals surface area contributed by atoms with Gasteiger partial charge in [-0.05, 0) is 25.3 Å². The molecule has 1 spiro atoms. The molecule has 0 bridgehead atoms. The van der Waals surface area contributed by atoms with Crippen molar-refractivity contribution in [2.24, 2.45) is 5.41 Å². The normalized spacial score (nSPS) is 22.8. The molecule has 2 aliphatic heterocycles. The number of anilines is 1. The van der Waals surface area contributed by atoms with E-state index in [2.05, 4.69) is 10.3 Å². The number of methoxy groups -OCH3 is 1. The van der Waals surface area contributed by atoms with Gasteiger partial charge in [0.2, 0.25) is 5.91 Å². The van der Waals surface area contributed by atoms with Crippen molar-refractivity contribution in [3.63, 3.8) is 0 Å². The third-order valence-electron chi connectivity index (χ3n) is 5.86. The molecule has 2 aliphatic rings. The van der Waals surface area contributed by atoms with Crippen LogP contribution in [0.5, 0.6) is 0 Å². The molecule has 144 valence electrons. The lowest BCUT2D eigenvalue weighted by atomic mass is 9.78. The lowest BCUT2D eigenvalue weighted by Gasteiger charge is -2.39. The van der Waals surface area contributed by atoms with E-state index in [9.17, 15) is 9.59 Å². The van der Waals surface area contributed by atoms with Gasteiger partial charge in [0.05, 0.1) is 17.7 Å². The number of hydrogen-bond donors (Lipinski definition) is 2. The maximum atomic E-state index is 13.0. The van der Waals surface area contributed by atoms with Crippen LogP contribution < -0.4 is 5.32 Å². The van der Waals surface area contributed by atoms with Crippen LogP contribution in [0.2, 0.25) is 0 Å². The lowest BCUT2D eigenvalue weighted by Crippen LogP contribution is -2.51. The molecular formula is C20H26N4O3. The molecule has 0 aliphatic carbocycles. The summed E-state index contributed by atoms with van der Waals surface area (Å²) in [6.45, 7) is 3.05. The van der Waals surface area contributed by atoms with Gasteiger partial charge in [0.25, 0.3) is 0 Å². The summed E-state index contributed by atoms with van der Waals surface area (Å²) in [7, 11) is 1.65. The second kappa shape index (κ2) is 7.23. The number of rotatable bonds is 4. The highest BCUT2D eigenvalue weighted by Crippen LogP contribution is 2.40. The highest BCUT2D eigenvalue weighted by molar-refractivity contribution is 6.01. The van der Waals surface area contributed by atoms with Crippen molar-refractivity contribution in [2.45, 2.75) is 19.3 Å². The van der Waals surface area contributed by atoms with Crippen molar-refractivity contribution in [3.8, 4) is 0 Å². The number of H-pyrrole nitrogens is 1. The van der Waals surface area contributed by atoms with Crippen molar-refractivity contribution in [3.05, 3.63) is 30.5 Å². The minimum atomic E-state index is -0.427. The van der Waals surface area contributed by atoms with Gasteiger partial charge in [-0.15, -0.1) is 0 Å². The van der Waals surface area contributed by atoms with Crippen LogP contribution in [-0.2, 0) is 9.53 Å². The summed E-state index contributed by atoms with van der Waals surface area (Å²) < 4.78 is 5.13. The van der Waals surface area contributed by atoms with E-state index in [1.807, 2.05) is 35.4 Å². The van der Waals surface area contributed by atoms with Crippen LogP contribution in [0.3, 0.4) is 0 Å². The highest BCUT2D eigenvalue weighted by atomic mass is 16.5. The third-order valence-corrected chi connectivity index (χ3v) is 5.86. The summed E-state index contributed by atoms with van der Waals surface area (Å²) in [6, 6.07) is 7.72. The van der Waals surface area contributed by atoms with Crippen LogP contribution in [0.4, 0.5) is 10.5 Å². The summed E-state index contributed by atoms with van der Waals surface area (Å²) >= 11 is 0. The van der Waals surface area contributed by atoms with Crippen LogP contribution in [0.25, 0.3) is 10.9 Å². The van der Waals surface area contributed by atoms with Crippen LogP contribution >= 0.6 is 0 Å². The van der Waals surface area contributed by atoms with Crippen molar-refractivity contribution in [1.29, 1.82) is 0 Å². The van der Waals surface area contributed by atoms with Crippen LogP contribution in [0, 0.1) is 5.41 Å². The Hall–Kier alpha value is -2.54. The standard InChI is InChI=1S/C20H26N4O3/c1-27-12-11-23-9-4-7-20(18(23)25)8-10-24(14-20)19(26)22-17-13-21-16-6-3-2-5-15(16)17/h2-3,5-6,13,21H,4,7-12,14H2,1H3,(H,22,26)/t20-/m1/s1. The fraction of sp³-hybridized carbons (Fsp3) is 0.500. The van der Waals surface area contributed by atoms with Crippen LogP contribution in [0.1, 0.15) is 19.3 Å². The van der Waals surface area contributed by atoms with Gasteiger partial charge in [0.1, 0.15) is 0 Å². The second-order valence-corrected chi connectivity index (χ2v) is 7.52. The van der Waals surface area contributed by atoms with Gasteiger partial charge >= 0.3 is 6.03 Å². The van der Waals surface area contributed by atoms with E-state index in [1.165, 1.54) is 0 Å². The molecular weight excluding hydrogens is 344 g/mol. The molecule has 1 atom stereocenters. The predicted molar refractivity (Wildman–Crippen MR) is 104 cm³/mol. The summed E-state index contributed by atoms with van der Waals surface area (Å²) in [5, 5.41) is 3.99. The molecule has 3 heterocycles. The Kier molecular flexibility index (Phi) is 4.78. The first-order valence-electron chi connectivity index (χ1n) is 9.53. The Morgan fingerprint density at radius 1 is 1.30 bits per heavy atom. The van der Waals surface area contributed by atoms with E-state index in [4.69, 9.17) is 4.74 Å². The maximum absolute atomic E-state index is 13.0. The summed E-state index contributed by atoms with van der Waals surface area (Å²) in [6.07, 6.45) is 4.38. The van der Waals surface area contributed by atoms with E-state index in [0.717, 1.165) is 42.4 Å². The number of carbonyl (C=O) groups is 2. The quantitative estimate of drug-likeness (QED) is 0.869. The summed E-state index contributed by atoms with van der Waals surface area (Å²) in [5.74, 6) is 0.174. The fourth-order valence-electron chi connectivity index (χ4n) is 4.36. The Morgan fingerprint density at radius 2 is 2.15 bits per heavy atom. The second-order valence-electron chi connectivity index (χ2n) is 7.52. The largest absolute Gasteiger partial charge is 0.383 e. The Morgan fingerprint density at radius 3 is 3.00 bits per heavy atom. The molecule has 2 aromatic rings. The molecule has 2 saturated heterocycles. The number of ether oxygens (including phenoxy) is 1. The SMILES string of the molecule is COCCN1CCC[C@]2(CCN(C(=O)Nc3c[nH]c4ccccc34)C2)C1=O. The first-order chi connectivity index (χ1) is 13.1. The maximum Gasteiger partial charge on any atom is 0.321 e. The van der Waals surface area contributed by atoms with E-state index in [0.29, 0.717) is 26.2 Å². The number of nitrogens with one attached hydrogen (secondary N) is 2. The number of aromatic nitrogens is 1. The minimum absolute atomic E-state index is 0.140. The number of likely N-dealkylation sites (tertiary alicyclic amines) is 2. The number of nitrogens with zero attached hydrogens (tertiary/aromatic N) is 2. The average Bonchev–Trinajstić information content (AvgIpc) is 3.29. The van der Waals surface area contributed by atoms with E-state index < -0.39 is 5.41 Å². The van der Waals surface area contributed by atoms with Crippen molar-refractivity contribution in [2.75, 3.05) is 45.2 Å². The zero-order valence-corrected chi connectivity index (χ0v) is 15.7. The number of fused-ring (bicyclic) bond motifs is 1. The number of hydrogen-bond acceptors (Lipinski definition) is 3. The zero-order chi connectivity index (χ0) is 18.9. The molecule has 7 heteroatoms. The first kappa shape index (κ1) is 17.9. The summed E-state index contributed by atoms with van der Waals surface area (Å²) in [4.78, 5) is 32.7.